The SMILES string of the molecule is CC(C)C#Cc1cc2ccccc2cc1NC(=O)C(C)(C)C. The molecule has 0 saturated carbocycles. The first-order chi connectivity index (χ1) is 10.3. The van der Waals surface area contributed by atoms with Crippen LogP contribution in [0.4, 0.5) is 5.69 Å². The van der Waals surface area contributed by atoms with Crippen molar-refractivity contribution in [1.29, 1.82) is 0 Å². The molecule has 2 aromatic rings. The first kappa shape index (κ1) is 16.1. The molecule has 0 saturated heterocycles. The van der Waals surface area contributed by atoms with Gasteiger partial charge in [-0.05, 0) is 22.9 Å². The minimum atomic E-state index is -0.436. The Morgan fingerprint density at radius 1 is 1.09 bits per heavy atom. The van der Waals surface area contributed by atoms with E-state index in [0.29, 0.717) is 0 Å². The molecule has 0 aliphatic heterocycles. The summed E-state index contributed by atoms with van der Waals surface area (Å²) >= 11 is 0. The zero-order valence-corrected chi connectivity index (χ0v) is 13.9. The van der Waals surface area contributed by atoms with Crippen molar-refractivity contribution < 1.29 is 4.79 Å². The highest BCUT2D eigenvalue weighted by molar-refractivity contribution is 5.99. The second-order valence-corrected chi connectivity index (χ2v) is 6.87. The second kappa shape index (κ2) is 6.23. The third kappa shape index (κ3) is 3.89. The van der Waals surface area contributed by atoms with Gasteiger partial charge in [0.05, 0.1) is 5.69 Å². The summed E-state index contributed by atoms with van der Waals surface area (Å²) < 4.78 is 0. The molecule has 114 valence electrons. The number of rotatable bonds is 1. The average Bonchev–Trinajstić information content (AvgIpc) is 2.43. The average molecular weight is 293 g/mol. The monoisotopic (exact) mass is 293 g/mol. The van der Waals surface area contributed by atoms with Crippen molar-refractivity contribution in [2.24, 2.45) is 11.3 Å². The third-order valence-electron chi connectivity index (χ3n) is 3.31. The van der Waals surface area contributed by atoms with Crippen molar-refractivity contribution in [1.82, 2.24) is 0 Å². The lowest BCUT2D eigenvalue weighted by Crippen LogP contribution is -2.27. The zero-order valence-electron chi connectivity index (χ0n) is 13.9. The van der Waals surface area contributed by atoms with Crippen LogP contribution in [0.1, 0.15) is 40.2 Å². The van der Waals surface area contributed by atoms with E-state index >= 15 is 0 Å². The molecule has 0 aliphatic rings. The third-order valence-corrected chi connectivity index (χ3v) is 3.31. The fourth-order valence-corrected chi connectivity index (χ4v) is 1.98. The van der Waals surface area contributed by atoms with Crippen LogP contribution in [0.2, 0.25) is 0 Å². The summed E-state index contributed by atoms with van der Waals surface area (Å²) in [6, 6.07) is 12.2. The molecule has 0 aliphatic carbocycles. The maximum Gasteiger partial charge on any atom is 0.229 e. The van der Waals surface area contributed by atoms with E-state index in [0.717, 1.165) is 22.0 Å². The molecular formula is C20H23NO. The van der Waals surface area contributed by atoms with Crippen molar-refractivity contribution in [3.63, 3.8) is 0 Å². The fraction of sp³-hybridized carbons (Fsp3) is 0.350. The molecule has 2 aromatic carbocycles. The summed E-state index contributed by atoms with van der Waals surface area (Å²) in [5, 5.41) is 5.25. The number of nitrogens with one attached hydrogen (secondary N) is 1. The summed E-state index contributed by atoms with van der Waals surface area (Å²) in [7, 11) is 0. The highest BCUT2D eigenvalue weighted by Gasteiger charge is 2.22. The van der Waals surface area contributed by atoms with E-state index in [2.05, 4.69) is 37.1 Å². The van der Waals surface area contributed by atoms with E-state index < -0.39 is 5.41 Å². The summed E-state index contributed by atoms with van der Waals surface area (Å²) in [5.74, 6) is 6.66. The largest absolute Gasteiger partial charge is 0.324 e. The zero-order chi connectivity index (χ0) is 16.3. The normalized spacial score (nSPS) is 11.2. The van der Waals surface area contributed by atoms with Crippen molar-refractivity contribution in [3.8, 4) is 11.8 Å². The van der Waals surface area contributed by atoms with Crippen LogP contribution in [0.25, 0.3) is 10.8 Å². The van der Waals surface area contributed by atoms with Gasteiger partial charge in [0.15, 0.2) is 0 Å². The van der Waals surface area contributed by atoms with Gasteiger partial charge < -0.3 is 5.32 Å². The smallest absolute Gasteiger partial charge is 0.229 e. The molecule has 2 heteroatoms. The summed E-state index contributed by atoms with van der Waals surface area (Å²) in [6.07, 6.45) is 0. The molecule has 2 nitrogen and oxygen atoms in total. The van der Waals surface area contributed by atoms with Crippen LogP contribution in [0.5, 0.6) is 0 Å². The lowest BCUT2D eigenvalue weighted by atomic mass is 9.95. The predicted molar refractivity (Wildman–Crippen MR) is 93.7 cm³/mol. The van der Waals surface area contributed by atoms with Gasteiger partial charge in [-0.25, -0.2) is 0 Å². The van der Waals surface area contributed by atoms with Crippen molar-refractivity contribution in [3.05, 3.63) is 42.0 Å². The molecule has 0 bridgehead atoms. The molecule has 0 atom stereocenters. The molecule has 1 amide bonds. The van der Waals surface area contributed by atoms with Gasteiger partial charge in [0.25, 0.3) is 0 Å². The van der Waals surface area contributed by atoms with Gasteiger partial charge in [0.2, 0.25) is 5.91 Å². The maximum atomic E-state index is 12.3. The minimum absolute atomic E-state index is 0.00428. The Labute approximate surface area is 132 Å². The highest BCUT2D eigenvalue weighted by Crippen LogP contribution is 2.26. The summed E-state index contributed by atoms with van der Waals surface area (Å²) in [4.78, 5) is 12.3. The summed E-state index contributed by atoms with van der Waals surface area (Å²) in [5.41, 5.74) is 1.21. The number of hydrogen-bond donors (Lipinski definition) is 1. The molecule has 0 radical (unpaired) electrons. The molecule has 0 heterocycles. The number of carbonyl (C=O) groups is 1. The molecular weight excluding hydrogens is 270 g/mol. The Hall–Kier alpha value is -2.27. The summed E-state index contributed by atoms with van der Waals surface area (Å²) in [6.45, 7) is 9.83. The molecule has 0 fully saturated rings. The Bertz CT molecular complexity index is 755. The Morgan fingerprint density at radius 2 is 1.68 bits per heavy atom. The van der Waals surface area contributed by atoms with Gasteiger partial charge in [-0.1, -0.05) is 70.7 Å². The predicted octanol–water partition coefficient (Wildman–Crippen LogP) is 4.83. The van der Waals surface area contributed by atoms with Gasteiger partial charge in [0, 0.05) is 16.9 Å². The lowest BCUT2D eigenvalue weighted by molar-refractivity contribution is -0.123. The van der Waals surface area contributed by atoms with E-state index in [1.807, 2.05) is 51.1 Å². The maximum absolute atomic E-state index is 12.3. The van der Waals surface area contributed by atoms with E-state index in [1.54, 1.807) is 0 Å². The van der Waals surface area contributed by atoms with E-state index in [9.17, 15) is 4.79 Å². The number of amides is 1. The number of carbonyl (C=O) groups excluding carboxylic acids is 1. The fourth-order valence-electron chi connectivity index (χ4n) is 1.98. The van der Waals surface area contributed by atoms with E-state index in [-0.39, 0.29) is 11.8 Å². The number of fused-ring (bicyclic) bond motifs is 1. The molecule has 1 N–H and O–H groups in total. The van der Waals surface area contributed by atoms with E-state index in [1.165, 1.54) is 0 Å². The molecule has 22 heavy (non-hydrogen) atoms. The Morgan fingerprint density at radius 3 is 2.23 bits per heavy atom. The van der Waals surface area contributed by atoms with Gasteiger partial charge in [0.1, 0.15) is 0 Å². The first-order valence-corrected chi connectivity index (χ1v) is 7.63. The van der Waals surface area contributed by atoms with Gasteiger partial charge >= 0.3 is 0 Å². The molecule has 0 spiro atoms. The van der Waals surface area contributed by atoms with Crippen LogP contribution in [0.3, 0.4) is 0 Å². The van der Waals surface area contributed by atoms with Crippen LogP contribution in [-0.4, -0.2) is 5.91 Å². The molecule has 2 rings (SSSR count). The standard InChI is InChI=1S/C20H23NO/c1-14(2)10-11-17-12-15-8-6-7-9-16(15)13-18(17)21-19(22)20(3,4)5/h6-9,12-14H,1-5H3,(H,21,22). The first-order valence-electron chi connectivity index (χ1n) is 7.63. The number of benzene rings is 2. The van der Waals surface area contributed by atoms with Crippen LogP contribution < -0.4 is 5.32 Å². The topological polar surface area (TPSA) is 29.1 Å². The molecule has 0 unspecified atom stereocenters. The van der Waals surface area contributed by atoms with Gasteiger partial charge in [-0.2, -0.15) is 0 Å². The number of anilines is 1. The van der Waals surface area contributed by atoms with Crippen LogP contribution in [-0.2, 0) is 4.79 Å². The van der Waals surface area contributed by atoms with Crippen molar-refractivity contribution in [2.45, 2.75) is 34.6 Å². The van der Waals surface area contributed by atoms with Gasteiger partial charge in [-0.15, -0.1) is 0 Å². The minimum Gasteiger partial charge on any atom is -0.324 e. The van der Waals surface area contributed by atoms with Crippen molar-refractivity contribution >= 4 is 22.4 Å². The van der Waals surface area contributed by atoms with Gasteiger partial charge in [-0.3, -0.25) is 4.79 Å². The number of hydrogen-bond acceptors (Lipinski definition) is 1. The quantitative estimate of drug-likeness (QED) is 0.749. The molecule has 0 aromatic heterocycles. The Kier molecular flexibility index (Phi) is 4.56. The van der Waals surface area contributed by atoms with E-state index in [4.69, 9.17) is 0 Å². The van der Waals surface area contributed by atoms with Crippen LogP contribution in [0, 0.1) is 23.2 Å². The highest BCUT2D eigenvalue weighted by atomic mass is 16.2. The van der Waals surface area contributed by atoms with Crippen LogP contribution >= 0.6 is 0 Å². The lowest BCUT2D eigenvalue weighted by Gasteiger charge is -2.19. The second-order valence-electron chi connectivity index (χ2n) is 6.87. The van der Waals surface area contributed by atoms with Crippen LogP contribution in [0.15, 0.2) is 36.4 Å². The Balaban J connectivity index is 2.52. The van der Waals surface area contributed by atoms with Crippen molar-refractivity contribution in [2.75, 3.05) is 5.32 Å².